The molecule has 0 saturated carbocycles. The van der Waals surface area contributed by atoms with Crippen molar-refractivity contribution in [2.45, 2.75) is 19.4 Å². The maximum absolute atomic E-state index is 14.1. The highest BCUT2D eigenvalue weighted by Crippen LogP contribution is 2.36. The molecule has 0 unspecified atom stereocenters. The largest absolute Gasteiger partial charge is 0.481 e. The summed E-state index contributed by atoms with van der Waals surface area (Å²) in [6, 6.07) is 9.29. The normalized spacial score (nSPS) is 15.4. The number of methoxy groups -OCH3 is 1. The Balaban J connectivity index is 1.85. The number of hydrogen-bond acceptors (Lipinski definition) is 8. The van der Waals surface area contributed by atoms with Crippen LogP contribution in [0, 0.1) is 12.7 Å². The molecular formula is C20H19FN6O2. The Morgan fingerprint density at radius 1 is 1.21 bits per heavy atom. The number of nitrogen functional groups attached to an aromatic ring is 1. The number of nitrogens with two attached hydrogens (primary N) is 1. The zero-order valence-electron chi connectivity index (χ0n) is 15.8. The van der Waals surface area contributed by atoms with Crippen LogP contribution in [0.1, 0.15) is 28.6 Å². The zero-order chi connectivity index (χ0) is 20.5. The maximum atomic E-state index is 14.1. The number of aryl methyl sites for hydroxylation is 1. The number of pyridine rings is 1. The number of rotatable bonds is 3. The Morgan fingerprint density at radius 3 is 2.79 bits per heavy atom. The van der Waals surface area contributed by atoms with Crippen LogP contribution in [0.4, 0.5) is 10.3 Å². The summed E-state index contributed by atoms with van der Waals surface area (Å²) in [5.41, 5.74) is 11.7. The fourth-order valence-electron chi connectivity index (χ4n) is 3.54. The second-order valence-corrected chi connectivity index (χ2v) is 6.60. The molecule has 3 aromatic rings. The van der Waals surface area contributed by atoms with E-state index in [0.29, 0.717) is 40.5 Å². The van der Waals surface area contributed by atoms with Crippen molar-refractivity contribution in [2.75, 3.05) is 12.8 Å². The molecule has 1 aliphatic rings. The Morgan fingerprint density at radius 2 is 2.03 bits per heavy atom. The summed E-state index contributed by atoms with van der Waals surface area (Å²) < 4.78 is 19.3. The minimum atomic E-state index is -0.436. The smallest absolute Gasteiger partial charge is 0.220 e. The first-order chi connectivity index (χ1) is 14.0. The van der Waals surface area contributed by atoms with Gasteiger partial charge in [-0.2, -0.15) is 0 Å². The lowest BCUT2D eigenvalue weighted by atomic mass is 9.91. The van der Waals surface area contributed by atoms with Gasteiger partial charge in [-0.15, -0.1) is 0 Å². The molecule has 0 amide bonds. The van der Waals surface area contributed by atoms with Crippen LogP contribution in [0.25, 0.3) is 11.3 Å². The number of fused-ring (bicyclic) bond motifs is 1. The van der Waals surface area contributed by atoms with Gasteiger partial charge in [-0.1, -0.05) is 12.1 Å². The van der Waals surface area contributed by atoms with Crippen molar-refractivity contribution in [1.29, 1.82) is 0 Å². The molecule has 1 atom stereocenters. The number of hydrogen-bond donors (Lipinski definition) is 3. The van der Waals surface area contributed by atoms with Crippen molar-refractivity contribution >= 4 is 11.8 Å². The van der Waals surface area contributed by atoms with Gasteiger partial charge in [0.2, 0.25) is 11.8 Å². The van der Waals surface area contributed by atoms with E-state index >= 15 is 0 Å². The van der Waals surface area contributed by atoms with Gasteiger partial charge in [0.15, 0.2) is 5.84 Å². The SMILES string of the molecule is COc1cccc(-c2cc(F)ccc2[C@H]2Cc3nc(N)nc(C)c3C(NO)=N2)n1. The van der Waals surface area contributed by atoms with E-state index in [-0.39, 0.29) is 11.8 Å². The van der Waals surface area contributed by atoms with Crippen LogP contribution in [0.3, 0.4) is 0 Å². The summed E-state index contributed by atoms with van der Waals surface area (Å²) >= 11 is 0. The molecule has 1 aromatic carbocycles. The molecule has 0 radical (unpaired) electrons. The van der Waals surface area contributed by atoms with Crippen LogP contribution in [-0.4, -0.2) is 33.1 Å². The molecule has 29 heavy (non-hydrogen) atoms. The molecule has 4 rings (SSSR count). The van der Waals surface area contributed by atoms with Gasteiger partial charge >= 0.3 is 0 Å². The van der Waals surface area contributed by atoms with Gasteiger partial charge in [-0.3, -0.25) is 15.7 Å². The summed E-state index contributed by atoms with van der Waals surface area (Å²) in [7, 11) is 1.52. The van der Waals surface area contributed by atoms with E-state index in [1.807, 2.05) is 0 Å². The molecule has 3 heterocycles. The Labute approximate surface area is 166 Å². The first-order valence-corrected chi connectivity index (χ1v) is 8.92. The summed E-state index contributed by atoms with van der Waals surface area (Å²) in [5, 5.41) is 9.64. The minimum absolute atomic E-state index is 0.146. The first kappa shape index (κ1) is 18.8. The monoisotopic (exact) mass is 394 g/mol. The Bertz CT molecular complexity index is 1120. The highest BCUT2D eigenvalue weighted by atomic mass is 19.1. The average molecular weight is 394 g/mol. The van der Waals surface area contributed by atoms with E-state index in [1.165, 1.54) is 19.2 Å². The highest BCUT2D eigenvalue weighted by molar-refractivity contribution is 6.01. The molecule has 0 saturated heterocycles. The lowest BCUT2D eigenvalue weighted by Crippen LogP contribution is -2.29. The maximum Gasteiger partial charge on any atom is 0.220 e. The Kier molecular flexibility index (Phi) is 4.81. The molecule has 0 aliphatic carbocycles. The van der Waals surface area contributed by atoms with Gasteiger partial charge in [0.1, 0.15) is 5.82 Å². The number of nitrogens with zero attached hydrogens (tertiary/aromatic N) is 4. The van der Waals surface area contributed by atoms with Gasteiger partial charge in [0.25, 0.3) is 0 Å². The number of benzene rings is 1. The van der Waals surface area contributed by atoms with Gasteiger partial charge < -0.3 is 10.5 Å². The average Bonchev–Trinajstić information content (AvgIpc) is 2.72. The lowest BCUT2D eigenvalue weighted by Gasteiger charge is -2.25. The van der Waals surface area contributed by atoms with Crippen molar-refractivity contribution in [3.05, 3.63) is 64.7 Å². The third-order valence-corrected chi connectivity index (χ3v) is 4.78. The van der Waals surface area contributed by atoms with Crippen LogP contribution >= 0.6 is 0 Å². The molecule has 9 heteroatoms. The fraction of sp³-hybridized carbons (Fsp3) is 0.200. The van der Waals surface area contributed by atoms with Crippen LogP contribution in [0.15, 0.2) is 41.4 Å². The van der Waals surface area contributed by atoms with E-state index in [9.17, 15) is 9.60 Å². The van der Waals surface area contributed by atoms with Crippen molar-refractivity contribution < 1.29 is 14.3 Å². The third kappa shape index (κ3) is 3.47. The van der Waals surface area contributed by atoms with E-state index in [2.05, 4.69) is 25.4 Å². The predicted octanol–water partition coefficient (Wildman–Crippen LogP) is 2.60. The van der Waals surface area contributed by atoms with Crippen LogP contribution in [0.2, 0.25) is 0 Å². The van der Waals surface area contributed by atoms with Crippen LogP contribution in [0.5, 0.6) is 5.88 Å². The second-order valence-electron chi connectivity index (χ2n) is 6.60. The van der Waals surface area contributed by atoms with Gasteiger partial charge in [0.05, 0.1) is 35.8 Å². The van der Waals surface area contributed by atoms with Crippen molar-refractivity contribution in [3.63, 3.8) is 0 Å². The quantitative estimate of drug-likeness (QED) is 0.584. The molecule has 148 valence electrons. The summed E-state index contributed by atoms with van der Waals surface area (Å²) in [5.74, 6) is 0.413. The summed E-state index contributed by atoms with van der Waals surface area (Å²) in [6.45, 7) is 1.77. The predicted molar refractivity (Wildman–Crippen MR) is 105 cm³/mol. The fourth-order valence-corrected chi connectivity index (χ4v) is 3.54. The standard InChI is InChI=1S/C20H19FN6O2/c1-10-18-16(26-20(22)23-10)9-15(25-19(18)27-28)12-7-6-11(21)8-13(12)14-4-3-5-17(24-14)29-2/h3-8,15,28H,9H2,1-2H3,(H,25,27)(H2,22,23,26)/t15-/m1/s1. The molecule has 4 N–H and O–H groups in total. The van der Waals surface area contributed by atoms with E-state index in [1.54, 1.807) is 31.2 Å². The Hall–Kier alpha value is -3.59. The first-order valence-electron chi connectivity index (χ1n) is 8.92. The zero-order valence-corrected chi connectivity index (χ0v) is 15.8. The van der Waals surface area contributed by atoms with Crippen molar-refractivity contribution in [3.8, 4) is 17.1 Å². The molecule has 8 nitrogen and oxygen atoms in total. The summed E-state index contributed by atoms with van der Waals surface area (Å²) in [6.07, 6.45) is 0.413. The van der Waals surface area contributed by atoms with Gasteiger partial charge in [-0.05, 0) is 30.7 Å². The number of nitrogens with one attached hydrogen (secondary N) is 1. The van der Waals surface area contributed by atoms with E-state index in [4.69, 9.17) is 10.5 Å². The number of ether oxygens (including phenoxy) is 1. The van der Waals surface area contributed by atoms with E-state index in [0.717, 1.165) is 5.56 Å². The van der Waals surface area contributed by atoms with Crippen LogP contribution < -0.4 is 16.0 Å². The molecule has 0 bridgehead atoms. The molecular weight excluding hydrogens is 375 g/mol. The molecule has 2 aromatic heterocycles. The number of halogens is 1. The molecule has 1 aliphatic heterocycles. The van der Waals surface area contributed by atoms with Gasteiger partial charge in [0, 0.05) is 18.1 Å². The lowest BCUT2D eigenvalue weighted by molar-refractivity contribution is 0.233. The minimum Gasteiger partial charge on any atom is -0.481 e. The second kappa shape index (κ2) is 7.44. The van der Waals surface area contributed by atoms with Crippen molar-refractivity contribution in [1.82, 2.24) is 20.4 Å². The highest BCUT2D eigenvalue weighted by Gasteiger charge is 2.28. The number of aliphatic imine (C=N–C) groups is 1. The molecule has 0 fully saturated rings. The number of hydroxylamine groups is 1. The van der Waals surface area contributed by atoms with Gasteiger partial charge in [-0.25, -0.2) is 19.3 Å². The number of anilines is 1. The third-order valence-electron chi connectivity index (χ3n) is 4.78. The van der Waals surface area contributed by atoms with Crippen LogP contribution in [-0.2, 0) is 6.42 Å². The topological polar surface area (TPSA) is 119 Å². The van der Waals surface area contributed by atoms with E-state index < -0.39 is 11.9 Å². The van der Waals surface area contributed by atoms with Crippen molar-refractivity contribution in [2.24, 2.45) is 4.99 Å². The number of aromatic nitrogens is 3. The number of amidine groups is 1. The summed E-state index contributed by atoms with van der Waals surface area (Å²) in [4.78, 5) is 17.5. The molecule has 0 spiro atoms.